The molecule has 0 unspecified atom stereocenters. The van der Waals surface area contributed by atoms with E-state index in [4.69, 9.17) is 0 Å². The minimum Gasteiger partial charge on any atom is -0.345 e. The maximum atomic E-state index is 12.6. The summed E-state index contributed by atoms with van der Waals surface area (Å²) in [5.41, 5.74) is 2.76. The molecule has 7 heteroatoms. The molecule has 6 nitrogen and oxygen atoms in total. The number of urea groups is 1. The third kappa shape index (κ3) is 4.64. The number of anilines is 1. The molecule has 0 atom stereocenters. The van der Waals surface area contributed by atoms with E-state index in [1.165, 1.54) is 11.1 Å². The Labute approximate surface area is 171 Å². The van der Waals surface area contributed by atoms with Crippen molar-refractivity contribution in [3.05, 3.63) is 47.0 Å². The first kappa shape index (κ1) is 19.2. The number of aromatic nitrogens is 1. The molecule has 0 spiro atoms. The molecule has 28 heavy (non-hydrogen) atoms. The maximum Gasteiger partial charge on any atom is 0.317 e. The van der Waals surface area contributed by atoms with E-state index in [9.17, 15) is 4.79 Å². The molecule has 1 aromatic carbocycles. The quantitative estimate of drug-likeness (QED) is 0.859. The topological polar surface area (TPSA) is 51.7 Å². The van der Waals surface area contributed by atoms with Gasteiger partial charge in [0.05, 0.1) is 0 Å². The second kappa shape index (κ2) is 8.92. The second-order valence-electron chi connectivity index (χ2n) is 7.72. The Bertz CT molecular complexity index is 765. The molecule has 1 N–H and O–H groups in total. The van der Waals surface area contributed by atoms with Gasteiger partial charge in [-0.25, -0.2) is 9.78 Å². The van der Waals surface area contributed by atoms with Gasteiger partial charge in [-0.2, -0.15) is 0 Å². The van der Waals surface area contributed by atoms with Crippen LogP contribution in [0.3, 0.4) is 0 Å². The predicted octanol–water partition coefficient (Wildman–Crippen LogP) is 2.95. The zero-order valence-electron chi connectivity index (χ0n) is 16.5. The van der Waals surface area contributed by atoms with Gasteiger partial charge in [-0.05, 0) is 30.9 Å². The molecular formula is C21H29N5OS. The van der Waals surface area contributed by atoms with E-state index in [-0.39, 0.29) is 12.1 Å². The maximum absolute atomic E-state index is 12.6. The molecule has 2 amide bonds. The molecule has 0 saturated carbocycles. The summed E-state index contributed by atoms with van der Waals surface area (Å²) in [5, 5.41) is 6.32. The van der Waals surface area contributed by atoms with Crippen molar-refractivity contribution in [3.63, 3.8) is 0 Å². The molecular weight excluding hydrogens is 370 g/mol. The van der Waals surface area contributed by atoms with Crippen molar-refractivity contribution in [1.29, 1.82) is 0 Å². The monoisotopic (exact) mass is 399 g/mol. The second-order valence-corrected chi connectivity index (χ2v) is 8.59. The number of carbonyl (C=O) groups is 1. The average molecular weight is 400 g/mol. The zero-order chi connectivity index (χ0) is 19.3. The molecule has 0 bridgehead atoms. The zero-order valence-corrected chi connectivity index (χ0v) is 17.3. The van der Waals surface area contributed by atoms with Gasteiger partial charge in [0.25, 0.3) is 0 Å². The van der Waals surface area contributed by atoms with Crippen molar-refractivity contribution < 1.29 is 4.79 Å². The molecule has 0 aliphatic carbocycles. The number of benzene rings is 1. The fourth-order valence-corrected chi connectivity index (χ4v) is 4.70. The molecule has 2 aliphatic rings. The number of piperazine rings is 1. The van der Waals surface area contributed by atoms with Crippen molar-refractivity contribution in [3.8, 4) is 0 Å². The van der Waals surface area contributed by atoms with E-state index in [1.807, 2.05) is 16.5 Å². The summed E-state index contributed by atoms with van der Waals surface area (Å²) < 4.78 is 0. The van der Waals surface area contributed by atoms with Gasteiger partial charge in [0.1, 0.15) is 0 Å². The Morgan fingerprint density at radius 1 is 1.14 bits per heavy atom. The van der Waals surface area contributed by atoms with Gasteiger partial charge in [0.15, 0.2) is 5.13 Å². The highest BCUT2D eigenvalue weighted by molar-refractivity contribution is 7.13. The number of piperidine rings is 1. The number of amides is 2. The molecule has 2 saturated heterocycles. The Hall–Kier alpha value is -2.12. The summed E-state index contributed by atoms with van der Waals surface area (Å²) in [4.78, 5) is 23.7. The molecule has 2 aromatic rings. The summed E-state index contributed by atoms with van der Waals surface area (Å²) in [6.07, 6.45) is 3.89. The standard InChI is InChI=1S/C21H29N5OS/c1-17-4-2-3-5-18(17)16-24-9-6-19(7-10-24)23-20(27)25-11-13-26(14-12-25)21-22-8-15-28-21/h2-5,8,15,19H,6-7,9-14,16H2,1H3,(H,23,27). The van der Waals surface area contributed by atoms with Gasteiger partial charge < -0.3 is 15.1 Å². The highest BCUT2D eigenvalue weighted by Gasteiger charge is 2.26. The van der Waals surface area contributed by atoms with E-state index >= 15 is 0 Å². The lowest BCUT2D eigenvalue weighted by Crippen LogP contribution is -2.54. The molecule has 0 radical (unpaired) electrons. The van der Waals surface area contributed by atoms with E-state index in [1.54, 1.807) is 11.3 Å². The largest absolute Gasteiger partial charge is 0.345 e. The lowest BCUT2D eigenvalue weighted by atomic mass is 10.0. The highest BCUT2D eigenvalue weighted by Crippen LogP contribution is 2.19. The van der Waals surface area contributed by atoms with E-state index in [0.717, 1.165) is 63.8 Å². The molecule has 2 fully saturated rings. The normalized spacial score (nSPS) is 19.0. The van der Waals surface area contributed by atoms with Crippen molar-refractivity contribution in [2.45, 2.75) is 32.4 Å². The van der Waals surface area contributed by atoms with Crippen LogP contribution in [-0.2, 0) is 6.54 Å². The summed E-state index contributed by atoms with van der Waals surface area (Å²) in [6, 6.07) is 8.99. The van der Waals surface area contributed by atoms with Gasteiger partial charge in [-0.3, -0.25) is 4.90 Å². The van der Waals surface area contributed by atoms with E-state index in [0.29, 0.717) is 0 Å². The van der Waals surface area contributed by atoms with E-state index < -0.39 is 0 Å². The third-order valence-corrected chi connectivity index (χ3v) is 6.66. The average Bonchev–Trinajstić information content (AvgIpc) is 3.26. The van der Waals surface area contributed by atoms with Crippen LogP contribution in [0.1, 0.15) is 24.0 Å². The first-order chi connectivity index (χ1) is 13.7. The van der Waals surface area contributed by atoms with Crippen molar-refractivity contribution >= 4 is 22.5 Å². The Balaban J connectivity index is 1.20. The van der Waals surface area contributed by atoms with Crippen LogP contribution in [0, 0.1) is 6.92 Å². The van der Waals surface area contributed by atoms with Gasteiger partial charge in [0, 0.05) is 63.4 Å². The molecule has 3 heterocycles. The lowest BCUT2D eigenvalue weighted by Gasteiger charge is -2.37. The van der Waals surface area contributed by atoms with Crippen molar-refractivity contribution in [1.82, 2.24) is 20.1 Å². The predicted molar refractivity (Wildman–Crippen MR) is 114 cm³/mol. The van der Waals surface area contributed by atoms with Gasteiger partial charge in [0.2, 0.25) is 0 Å². The first-order valence-electron chi connectivity index (χ1n) is 10.2. The summed E-state index contributed by atoms with van der Waals surface area (Å²) in [6.45, 7) is 8.50. The SMILES string of the molecule is Cc1ccccc1CN1CCC(NC(=O)N2CCN(c3nccs3)CC2)CC1. The number of hydrogen-bond acceptors (Lipinski definition) is 5. The number of thiazole rings is 1. The number of likely N-dealkylation sites (tertiary alicyclic amines) is 1. The lowest BCUT2D eigenvalue weighted by molar-refractivity contribution is 0.167. The van der Waals surface area contributed by atoms with Crippen LogP contribution in [0.15, 0.2) is 35.8 Å². The van der Waals surface area contributed by atoms with Crippen LogP contribution in [-0.4, -0.2) is 66.1 Å². The van der Waals surface area contributed by atoms with Crippen LogP contribution in [0.2, 0.25) is 0 Å². The van der Waals surface area contributed by atoms with Crippen LogP contribution in [0.4, 0.5) is 9.93 Å². The molecule has 150 valence electrons. The Morgan fingerprint density at radius 3 is 2.57 bits per heavy atom. The fraction of sp³-hybridized carbons (Fsp3) is 0.524. The molecule has 2 aliphatic heterocycles. The Kier molecular flexibility index (Phi) is 6.12. The van der Waals surface area contributed by atoms with Crippen LogP contribution < -0.4 is 10.2 Å². The van der Waals surface area contributed by atoms with E-state index in [2.05, 4.69) is 51.3 Å². The van der Waals surface area contributed by atoms with Gasteiger partial charge >= 0.3 is 6.03 Å². The Morgan fingerprint density at radius 2 is 1.89 bits per heavy atom. The minimum absolute atomic E-state index is 0.0937. The number of hydrogen-bond donors (Lipinski definition) is 1. The van der Waals surface area contributed by atoms with Crippen LogP contribution in [0.25, 0.3) is 0 Å². The number of rotatable bonds is 4. The van der Waals surface area contributed by atoms with Crippen molar-refractivity contribution in [2.24, 2.45) is 0 Å². The third-order valence-electron chi connectivity index (χ3n) is 5.83. The molecule has 1 aromatic heterocycles. The number of carbonyl (C=O) groups excluding carboxylic acids is 1. The van der Waals surface area contributed by atoms with Gasteiger partial charge in [-0.1, -0.05) is 24.3 Å². The summed E-state index contributed by atoms with van der Waals surface area (Å²) >= 11 is 1.66. The van der Waals surface area contributed by atoms with Crippen LogP contribution >= 0.6 is 11.3 Å². The van der Waals surface area contributed by atoms with Crippen molar-refractivity contribution in [2.75, 3.05) is 44.2 Å². The smallest absolute Gasteiger partial charge is 0.317 e. The first-order valence-corrected chi connectivity index (χ1v) is 11.0. The summed E-state index contributed by atoms with van der Waals surface area (Å²) in [5.74, 6) is 0. The number of aryl methyl sites for hydroxylation is 1. The number of nitrogens with one attached hydrogen (secondary N) is 1. The van der Waals surface area contributed by atoms with Gasteiger partial charge in [-0.15, -0.1) is 11.3 Å². The number of nitrogens with zero attached hydrogens (tertiary/aromatic N) is 4. The fourth-order valence-electron chi connectivity index (χ4n) is 4.00. The van der Waals surface area contributed by atoms with Crippen LogP contribution in [0.5, 0.6) is 0 Å². The minimum atomic E-state index is 0.0937. The summed E-state index contributed by atoms with van der Waals surface area (Å²) in [7, 11) is 0. The molecule has 4 rings (SSSR count). The highest BCUT2D eigenvalue weighted by atomic mass is 32.1.